The molecular formula is C23H24N6O3S. The Morgan fingerprint density at radius 1 is 1.21 bits per heavy atom. The lowest BCUT2D eigenvalue weighted by Crippen LogP contribution is -2.40. The molecule has 0 aliphatic heterocycles. The van der Waals surface area contributed by atoms with Gasteiger partial charge in [0.25, 0.3) is 11.8 Å². The van der Waals surface area contributed by atoms with E-state index in [9.17, 15) is 9.59 Å². The number of hydrogen-bond acceptors (Lipinski definition) is 7. The van der Waals surface area contributed by atoms with E-state index in [-0.39, 0.29) is 18.1 Å². The molecule has 1 saturated carbocycles. The maximum absolute atomic E-state index is 12.9. The zero-order chi connectivity index (χ0) is 23.5. The van der Waals surface area contributed by atoms with Gasteiger partial charge >= 0.3 is 0 Å². The number of amides is 2. The number of carbonyl (C=O) groups is 2. The summed E-state index contributed by atoms with van der Waals surface area (Å²) in [6, 6.07) is 9.16. The topological polar surface area (TPSA) is 136 Å². The van der Waals surface area contributed by atoms with Crippen LogP contribution < -0.4 is 15.8 Å². The van der Waals surface area contributed by atoms with Crippen LogP contribution in [0.2, 0.25) is 0 Å². The van der Waals surface area contributed by atoms with E-state index in [1.54, 1.807) is 35.1 Å². The van der Waals surface area contributed by atoms with Crippen molar-refractivity contribution in [3.8, 4) is 17.6 Å². The van der Waals surface area contributed by atoms with Gasteiger partial charge in [0.2, 0.25) is 5.88 Å². The Labute approximate surface area is 195 Å². The lowest BCUT2D eigenvalue weighted by atomic mass is 9.92. The Hall–Kier alpha value is -3.71. The zero-order valence-corrected chi connectivity index (χ0v) is 19.2. The van der Waals surface area contributed by atoms with Crippen molar-refractivity contribution in [2.45, 2.75) is 51.7 Å². The number of aryl methyl sites for hydroxylation is 1. The maximum Gasteiger partial charge on any atom is 0.264 e. The highest BCUT2D eigenvalue weighted by Crippen LogP contribution is 2.29. The molecule has 1 aliphatic carbocycles. The normalized spacial score (nSPS) is 17.8. The molecule has 1 aromatic carbocycles. The zero-order valence-electron chi connectivity index (χ0n) is 18.4. The van der Waals surface area contributed by atoms with Gasteiger partial charge in [0.1, 0.15) is 6.10 Å². The van der Waals surface area contributed by atoms with E-state index < -0.39 is 5.91 Å². The molecule has 3 N–H and O–H groups in total. The molecule has 33 heavy (non-hydrogen) atoms. The number of hydrogen-bond donors (Lipinski definition) is 2. The highest BCUT2D eigenvalue weighted by atomic mass is 32.1. The molecule has 0 spiro atoms. The molecule has 10 heteroatoms. The fraction of sp³-hybridized carbons (Fsp3) is 0.348. The SMILES string of the molecule is Cc1nc(O[C@H]2CC[C@H](NC(=O)c3cnn(-c4ccc(C#N)cc4)c3C)CC2)c(C(N)=O)s1. The van der Waals surface area contributed by atoms with Crippen molar-refractivity contribution < 1.29 is 14.3 Å². The number of ether oxygens (including phenoxy) is 1. The van der Waals surface area contributed by atoms with Crippen molar-refractivity contribution in [1.29, 1.82) is 5.26 Å². The molecule has 2 aromatic heterocycles. The molecule has 0 bridgehead atoms. The van der Waals surface area contributed by atoms with Crippen LogP contribution in [0.1, 0.15) is 62.0 Å². The number of benzene rings is 1. The third-order valence-corrected chi connectivity index (χ3v) is 6.68. The fourth-order valence-corrected chi connectivity index (χ4v) is 4.67. The van der Waals surface area contributed by atoms with Gasteiger partial charge in [-0.15, -0.1) is 11.3 Å². The Morgan fingerprint density at radius 3 is 2.55 bits per heavy atom. The number of thiazole rings is 1. The summed E-state index contributed by atoms with van der Waals surface area (Å²) in [7, 11) is 0. The van der Waals surface area contributed by atoms with E-state index >= 15 is 0 Å². The first-order chi connectivity index (χ1) is 15.9. The molecule has 170 valence electrons. The number of primary amides is 1. The van der Waals surface area contributed by atoms with E-state index in [0.717, 1.165) is 42.1 Å². The summed E-state index contributed by atoms with van der Waals surface area (Å²) in [4.78, 5) is 29.1. The van der Waals surface area contributed by atoms with Crippen LogP contribution in [-0.2, 0) is 0 Å². The van der Waals surface area contributed by atoms with Gasteiger partial charge < -0.3 is 15.8 Å². The smallest absolute Gasteiger partial charge is 0.264 e. The Bertz CT molecular complexity index is 1220. The molecular weight excluding hydrogens is 440 g/mol. The summed E-state index contributed by atoms with van der Waals surface area (Å²) in [5, 5.41) is 17.1. The minimum atomic E-state index is -0.534. The van der Waals surface area contributed by atoms with E-state index in [2.05, 4.69) is 21.5 Å². The van der Waals surface area contributed by atoms with Gasteiger partial charge in [0, 0.05) is 6.04 Å². The Morgan fingerprint density at radius 2 is 1.91 bits per heavy atom. The fourth-order valence-electron chi connectivity index (χ4n) is 3.96. The maximum atomic E-state index is 12.9. The van der Waals surface area contributed by atoms with Gasteiger partial charge in [-0.1, -0.05) is 0 Å². The average molecular weight is 465 g/mol. The van der Waals surface area contributed by atoms with Crippen molar-refractivity contribution in [3.05, 3.63) is 57.2 Å². The summed E-state index contributed by atoms with van der Waals surface area (Å²) in [6.45, 7) is 3.65. The Balaban J connectivity index is 1.35. The average Bonchev–Trinajstić information content (AvgIpc) is 3.37. The highest BCUT2D eigenvalue weighted by Gasteiger charge is 2.27. The lowest BCUT2D eigenvalue weighted by Gasteiger charge is -2.29. The second kappa shape index (κ2) is 9.42. The third kappa shape index (κ3) is 4.88. The van der Waals surface area contributed by atoms with Crippen molar-refractivity contribution in [3.63, 3.8) is 0 Å². The number of carbonyl (C=O) groups excluding carboxylic acids is 2. The number of nitrogens with zero attached hydrogens (tertiary/aromatic N) is 4. The lowest BCUT2D eigenvalue weighted by molar-refractivity contribution is 0.0882. The summed E-state index contributed by atoms with van der Waals surface area (Å²) in [6.07, 6.45) is 4.49. The first-order valence-electron chi connectivity index (χ1n) is 10.7. The summed E-state index contributed by atoms with van der Waals surface area (Å²) in [5.41, 5.74) is 8.01. The Kier molecular flexibility index (Phi) is 6.42. The van der Waals surface area contributed by atoms with Crippen LogP contribution in [0.4, 0.5) is 0 Å². The first-order valence-corrected chi connectivity index (χ1v) is 11.5. The van der Waals surface area contributed by atoms with Crippen LogP contribution in [0.25, 0.3) is 5.69 Å². The molecule has 1 aliphatic rings. The first kappa shape index (κ1) is 22.5. The van der Waals surface area contributed by atoms with E-state index in [1.165, 1.54) is 11.3 Å². The van der Waals surface area contributed by atoms with Gasteiger partial charge in [-0.25, -0.2) is 9.67 Å². The van der Waals surface area contributed by atoms with Crippen LogP contribution in [0.15, 0.2) is 30.5 Å². The molecule has 0 saturated heterocycles. The standard InChI is InChI=1S/C23H24N6O3S/c1-13-19(12-26-29(13)17-7-3-15(11-24)4-8-17)22(31)28-16-5-9-18(10-6-16)32-23-20(21(25)30)33-14(2)27-23/h3-4,7-8,12,16,18H,5-6,9-10H2,1-2H3,(H2,25,30)(H,28,31)/t16-,18-. The van der Waals surface area contributed by atoms with E-state index in [0.29, 0.717) is 21.9 Å². The number of nitrogens with two attached hydrogens (primary N) is 1. The van der Waals surface area contributed by atoms with Crippen LogP contribution in [0, 0.1) is 25.2 Å². The van der Waals surface area contributed by atoms with Gasteiger partial charge in [0.15, 0.2) is 4.88 Å². The molecule has 2 heterocycles. The molecule has 0 unspecified atom stereocenters. The van der Waals surface area contributed by atoms with Crippen LogP contribution >= 0.6 is 11.3 Å². The van der Waals surface area contributed by atoms with Crippen molar-refractivity contribution in [2.75, 3.05) is 0 Å². The number of nitriles is 1. The predicted octanol–water partition coefficient (Wildman–Crippen LogP) is 3.04. The minimum absolute atomic E-state index is 0.0304. The minimum Gasteiger partial charge on any atom is -0.473 e. The molecule has 9 nitrogen and oxygen atoms in total. The quantitative estimate of drug-likeness (QED) is 0.575. The third-order valence-electron chi connectivity index (χ3n) is 5.71. The van der Waals surface area contributed by atoms with Crippen molar-refractivity contribution in [2.24, 2.45) is 5.73 Å². The van der Waals surface area contributed by atoms with Gasteiger partial charge in [-0.3, -0.25) is 9.59 Å². The van der Waals surface area contributed by atoms with Crippen LogP contribution in [0.5, 0.6) is 5.88 Å². The summed E-state index contributed by atoms with van der Waals surface area (Å²) < 4.78 is 7.63. The molecule has 4 rings (SSSR count). The summed E-state index contributed by atoms with van der Waals surface area (Å²) in [5.74, 6) is -0.389. The molecule has 1 fully saturated rings. The molecule has 3 aromatic rings. The van der Waals surface area contributed by atoms with Gasteiger partial charge in [-0.2, -0.15) is 10.4 Å². The van der Waals surface area contributed by atoms with Gasteiger partial charge in [-0.05, 0) is 63.8 Å². The van der Waals surface area contributed by atoms with Crippen molar-refractivity contribution >= 4 is 23.2 Å². The second-order valence-electron chi connectivity index (χ2n) is 8.01. The monoisotopic (exact) mass is 464 g/mol. The highest BCUT2D eigenvalue weighted by molar-refractivity contribution is 7.13. The molecule has 0 radical (unpaired) electrons. The van der Waals surface area contributed by atoms with Crippen molar-refractivity contribution in [1.82, 2.24) is 20.1 Å². The van der Waals surface area contributed by atoms with Crippen LogP contribution in [0.3, 0.4) is 0 Å². The summed E-state index contributed by atoms with van der Waals surface area (Å²) >= 11 is 1.23. The number of rotatable bonds is 6. The number of nitrogens with one attached hydrogen (secondary N) is 1. The van der Waals surface area contributed by atoms with E-state index in [4.69, 9.17) is 15.7 Å². The predicted molar refractivity (Wildman–Crippen MR) is 123 cm³/mol. The van der Waals surface area contributed by atoms with Gasteiger partial charge in [0.05, 0.1) is 39.8 Å². The molecule has 2 amide bonds. The molecule has 0 atom stereocenters. The van der Waals surface area contributed by atoms with Crippen LogP contribution in [-0.4, -0.2) is 38.7 Å². The van der Waals surface area contributed by atoms with E-state index in [1.807, 2.05) is 13.8 Å². The second-order valence-corrected chi connectivity index (χ2v) is 9.21. The largest absolute Gasteiger partial charge is 0.473 e. The number of aromatic nitrogens is 3.